The molecule has 98 valence electrons. The number of hydrogen-bond donors (Lipinski definition) is 1. The zero-order valence-electron chi connectivity index (χ0n) is 11.1. The molecule has 1 nitrogen and oxygen atoms in total. The minimum atomic E-state index is 0.532. The van der Waals surface area contributed by atoms with Gasteiger partial charge in [-0.2, -0.15) is 0 Å². The molecule has 2 atom stereocenters. The standard InChI is InChI=1S/C16H22BrN/c1-2-18-11-16(9-13-7-14(13)10-16)8-12-4-3-5-15(17)6-12/h3-6,13-14,18H,2,7-11H2,1H3. The quantitative estimate of drug-likeness (QED) is 0.866. The Morgan fingerprint density at radius 1 is 1.33 bits per heavy atom. The molecule has 0 radical (unpaired) electrons. The summed E-state index contributed by atoms with van der Waals surface area (Å²) in [7, 11) is 0. The van der Waals surface area contributed by atoms with Gasteiger partial charge < -0.3 is 5.32 Å². The third-order valence-electron chi connectivity index (χ3n) is 4.68. The topological polar surface area (TPSA) is 12.0 Å². The Hall–Kier alpha value is -0.340. The van der Waals surface area contributed by atoms with Crippen LogP contribution in [0.1, 0.15) is 31.7 Å². The highest BCUT2D eigenvalue weighted by atomic mass is 79.9. The van der Waals surface area contributed by atoms with Gasteiger partial charge in [0.25, 0.3) is 0 Å². The van der Waals surface area contributed by atoms with Crippen LogP contribution in [0.25, 0.3) is 0 Å². The molecule has 0 amide bonds. The average molecular weight is 308 g/mol. The van der Waals surface area contributed by atoms with Gasteiger partial charge >= 0.3 is 0 Å². The molecule has 1 aromatic carbocycles. The van der Waals surface area contributed by atoms with E-state index in [2.05, 4.69) is 52.4 Å². The highest BCUT2D eigenvalue weighted by Crippen LogP contribution is 2.60. The van der Waals surface area contributed by atoms with Gasteiger partial charge in [-0.1, -0.05) is 35.0 Å². The molecule has 0 heterocycles. The van der Waals surface area contributed by atoms with Gasteiger partial charge in [-0.25, -0.2) is 0 Å². The van der Waals surface area contributed by atoms with Crippen LogP contribution < -0.4 is 5.32 Å². The molecule has 0 spiro atoms. The lowest BCUT2D eigenvalue weighted by atomic mass is 9.77. The molecule has 0 aromatic heterocycles. The molecule has 2 heteroatoms. The van der Waals surface area contributed by atoms with E-state index in [1.54, 1.807) is 0 Å². The van der Waals surface area contributed by atoms with Gasteiger partial charge in [0.1, 0.15) is 0 Å². The highest BCUT2D eigenvalue weighted by Gasteiger charge is 2.53. The Bertz CT molecular complexity index is 419. The van der Waals surface area contributed by atoms with Gasteiger partial charge in [0.2, 0.25) is 0 Å². The lowest BCUT2D eigenvalue weighted by molar-refractivity contribution is 0.250. The number of fused-ring (bicyclic) bond motifs is 1. The fourth-order valence-electron chi connectivity index (χ4n) is 3.83. The third kappa shape index (κ3) is 2.65. The molecule has 1 N–H and O–H groups in total. The van der Waals surface area contributed by atoms with Crippen LogP contribution >= 0.6 is 15.9 Å². The van der Waals surface area contributed by atoms with Gasteiger partial charge in [0, 0.05) is 11.0 Å². The maximum atomic E-state index is 3.60. The predicted molar refractivity (Wildman–Crippen MR) is 79.7 cm³/mol. The summed E-state index contributed by atoms with van der Waals surface area (Å²) in [4.78, 5) is 0. The number of benzene rings is 1. The molecule has 1 aromatic rings. The van der Waals surface area contributed by atoms with E-state index in [9.17, 15) is 0 Å². The van der Waals surface area contributed by atoms with Crippen molar-refractivity contribution in [2.75, 3.05) is 13.1 Å². The zero-order valence-corrected chi connectivity index (χ0v) is 12.7. The molecular weight excluding hydrogens is 286 g/mol. The van der Waals surface area contributed by atoms with E-state index < -0.39 is 0 Å². The van der Waals surface area contributed by atoms with Gasteiger partial charge in [-0.05, 0) is 67.2 Å². The van der Waals surface area contributed by atoms with E-state index in [0.717, 1.165) is 18.4 Å². The first-order chi connectivity index (χ1) is 8.71. The Balaban J connectivity index is 1.73. The molecule has 0 saturated heterocycles. The summed E-state index contributed by atoms with van der Waals surface area (Å²) >= 11 is 3.59. The van der Waals surface area contributed by atoms with Crippen molar-refractivity contribution >= 4 is 15.9 Å². The van der Waals surface area contributed by atoms with Crippen LogP contribution in [0.5, 0.6) is 0 Å². The van der Waals surface area contributed by atoms with Crippen LogP contribution in [0.3, 0.4) is 0 Å². The Morgan fingerprint density at radius 2 is 2.11 bits per heavy atom. The van der Waals surface area contributed by atoms with Gasteiger partial charge in [0.15, 0.2) is 0 Å². The first-order valence-corrected chi connectivity index (χ1v) is 7.95. The molecule has 0 aliphatic heterocycles. The lowest BCUT2D eigenvalue weighted by Crippen LogP contribution is -2.35. The van der Waals surface area contributed by atoms with Crippen molar-refractivity contribution in [3.63, 3.8) is 0 Å². The second-order valence-corrected chi connectivity index (χ2v) is 7.17. The van der Waals surface area contributed by atoms with Crippen LogP contribution in [-0.2, 0) is 6.42 Å². The van der Waals surface area contributed by atoms with Crippen molar-refractivity contribution in [3.05, 3.63) is 34.3 Å². The summed E-state index contributed by atoms with van der Waals surface area (Å²) in [5.41, 5.74) is 2.02. The van der Waals surface area contributed by atoms with Crippen molar-refractivity contribution < 1.29 is 0 Å². The lowest BCUT2D eigenvalue weighted by Gasteiger charge is -2.31. The second kappa shape index (κ2) is 4.97. The maximum absolute atomic E-state index is 3.60. The molecule has 2 aliphatic carbocycles. The van der Waals surface area contributed by atoms with E-state index in [1.807, 2.05) is 0 Å². The zero-order chi connectivity index (χ0) is 12.6. The van der Waals surface area contributed by atoms with Crippen molar-refractivity contribution in [2.45, 2.75) is 32.6 Å². The molecule has 2 saturated carbocycles. The van der Waals surface area contributed by atoms with E-state index >= 15 is 0 Å². The summed E-state index contributed by atoms with van der Waals surface area (Å²) in [6.07, 6.45) is 5.63. The van der Waals surface area contributed by atoms with Crippen molar-refractivity contribution in [1.82, 2.24) is 5.32 Å². The third-order valence-corrected chi connectivity index (χ3v) is 5.17. The molecule has 0 bridgehead atoms. The first-order valence-electron chi connectivity index (χ1n) is 7.16. The smallest absolute Gasteiger partial charge is 0.0177 e. The van der Waals surface area contributed by atoms with Crippen LogP contribution in [0.15, 0.2) is 28.7 Å². The molecule has 2 aliphatic rings. The Labute approximate surface area is 118 Å². The predicted octanol–water partition coefficient (Wildman–Crippen LogP) is 4.02. The Kier molecular flexibility index (Phi) is 3.50. The summed E-state index contributed by atoms with van der Waals surface area (Å²) in [6, 6.07) is 8.85. The number of nitrogens with one attached hydrogen (secondary N) is 1. The summed E-state index contributed by atoms with van der Waals surface area (Å²) in [6.45, 7) is 4.50. The number of hydrogen-bond acceptors (Lipinski definition) is 1. The monoisotopic (exact) mass is 307 g/mol. The largest absolute Gasteiger partial charge is 0.316 e. The number of rotatable bonds is 5. The van der Waals surface area contributed by atoms with Gasteiger partial charge in [-0.3, -0.25) is 0 Å². The Morgan fingerprint density at radius 3 is 2.78 bits per heavy atom. The molecular formula is C16H22BrN. The SMILES string of the molecule is CCNCC1(Cc2cccc(Br)c2)CC2CC2C1. The molecule has 18 heavy (non-hydrogen) atoms. The molecule has 3 rings (SSSR count). The average Bonchev–Trinajstić information content (AvgIpc) is 2.95. The van der Waals surface area contributed by atoms with Crippen molar-refractivity contribution in [2.24, 2.45) is 17.3 Å². The summed E-state index contributed by atoms with van der Waals surface area (Å²) < 4.78 is 1.21. The minimum absolute atomic E-state index is 0.532. The second-order valence-electron chi connectivity index (χ2n) is 6.25. The van der Waals surface area contributed by atoms with E-state index in [-0.39, 0.29) is 0 Å². The van der Waals surface area contributed by atoms with Gasteiger partial charge in [-0.15, -0.1) is 0 Å². The maximum Gasteiger partial charge on any atom is 0.0177 e. The number of halogens is 1. The fraction of sp³-hybridized carbons (Fsp3) is 0.625. The van der Waals surface area contributed by atoms with Crippen LogP contribution in [0.2, 0.25) is 0 Å². The van der Waals surface area contributed by atoms with E-state index in [4.69, 9.17) is 0 Å². The van der Waals surface area contributed by atoms with E-state index in [0.29, 0.717) is 5.41 Å². The highest BCUT2D eigenvalue weighted by molar-refractivity contribution is 9.10. The van der Waals surface area contributed by atoms with Crippen molar-refractivity contribution in [1.29, 1.82) is 0 Å². The first kappa shape index (κ1) is 12.7. The van der Waals surface area contributed by atoms with Crippen LogP contribution in [-0.4, -0.2) is 13.1 Å². The fourth-order valence-corrected chi connectivity index (χ4v) is 4.27. The minimum Gasteiger partial charge on any atom is -0.316 e. The normalized spacial score (nSPS) is 33.4. The van der Waals surface area contributed by atoms with Crippen molar-refractivity contribution in [3.8, 4) is 0 Å². The summed E-state index contributed by atoms with van der Waals surface area (Å²) in [5, 5.41) is 3.60. The van der Waals surface area contributed by atoms with Crippen LogP contribution in [0.4, 0.5) is 0 Å². The van der Waals surface area contributed by atoms with Crippen LogP contribution in [0, 0.1) is 17.3 Å². The summed E-state index contributed by atoms with van der Waals surface area (Å²) in [5.74, 6) is 2.10. The van der Waals surface area contributed by atoms with Gasteiger partial charge in [0.05, 0.1) is 0 Å². The van der Waals surface area contributed by atoms with E-state index in [1.165, 1.54) is 42.3 Å². The molecule has 2 unspecified atom stereocenters. The molecule has 2 fully saturated rings.